The van der Waals surface area contributed by atoms with Gasteiger partial charge >= 0.3 is 0 Å². The van der Waals surface area contributed by atoms with E-state index >= 15 is 0 Å². The fraction of sp³-hybridized carbons (Fsp3) is 1.00. The summed E-state index contributed by atoms with van der Waals surface area (Å²) in [6.45, 7) is 10.5. The topological polar surface area (TPSA) is 15.3 Å². The molecule has 1 rings (SSSR count). The number of hydrogen-bond acceptors (Lipinski definition) is 2. The lowest BCUT2D eigenvalue weighted by Gasteiger charge is -2.39. The third kappa shape index (κ3) is 3.28. The molecule has 0 radical (unpaired) electrons. The summed E-state index contributed by atoms with van der Waals surface area (Å²) in [4.78, 5) is 2.64. The highest BCUT2D eigenvalue weighted by Gasteiger charge is 2.23. The largest absolute Gasteiger partial charge is 0.314 e. The van der Waals surface area contributed by atoms with Gasteiger partial charge in [-0.1, -0.05) is 19.8 Å². The first-order valence-corrected chi connectivity index (χ1v) is 5.72. The molecule has 2 nitrogen and oxygen atoms in total. The zero-order valence-electron chi connectivity index (χ0n) is 9.34. The third-order valence-electron chi connectivity index (χ3n) is 3.03. The highest BCUT2D eigenvalue weighted by Crippen LogP contribution is 2.11. The summed E-state index contributed by atoms with van der Waals surface area (Å²) in [5, 5.41) is 3.46. The van der Waals surface area contributed by atoms with E-state index in [4.69, 9.17) is 0 Å². The van der Waals surface area contributed by atoms with Crippen molar-refractivity contribution in [3.05, 3.63) is 0 Å². The van der Waals surface area contributed by atoms with Crippen LogP contribution in [0, 0.1) is 0 Å². The number of hydrogen-bond donors (Lipinski definition) is 1. The quantitative estimate of drug-likeness (QED) is 0.671. The first-order valence-electron chi connectivity index (χ1n) is 5.72. The van der Waals surface area contributed by atoms with E-state index in [9.17, 15) is 0 Å². The lowest BCUT2D eigenvalue weighted by molar-refractivity contribution is 0.115. The summed E-state index contributed by atoms with van der Waals surface area (Å²) in [6.07, 6.45) is 4.07. The van der Waals surface area contributed by atoms with Crippen LogP contribution in [0.5, 0.6) is 0 Å². The minimum Gasteiger partial charge on any atom is -0.314 e. The summed E-state index contributed by atoms with van der Waals surface area (Å²) in [7, 11) is 0. The standard InChI is InChI=1S/C11H24N2/c1-4-5-6-7-13-10(2)8-12-9-11(13)3/h10-12H,4-9H2,1-3H3. The summed E-state index contributed by atoms with van der Waals surface area (Å²) < 4.78 is 0. The Morgan fingerprint density at radius 3 is 2.31 bits per heavy atom. The van der Waals surface area contributed by atoms with Crippen molar-refractivity contribution >= 4 is 0 Å². The molecule has 2 heteroatoms. The van der Waals surface area contributed by atoms with Crippen LogP contribution in [0.4, 0.5) is 0 Å². The van der Waals surface area contributed by atoms with E-state index in [2.05, 4.69) is 31.0 Å². The number of nitrogens with zero attached hydrogens (tertiary/aromatic N) is 1. The molecule has 0 aromatic carbocycles. The molecule has 1 saturated heterocycles. The maximum atomic E-state index is 3.46. The molecule has 1 aliphatic heterocycles. The zero-order valence-corrected chi connectivity index (χ0v) is 9.34. The average molecular weight is 184 g/mol. The van der Waals surface area contributed by atoms with Gasteiger partial charge in [-0.3, -0.25) is 4.90 Å². The van der Waals surface area contributed by atoms with Gasteiger partial charge in [0.25, 0.3) is 0 Å². The molecule has 0 aliphatic carbocycles. The molecule has 0 saturated carbocycles. The van der Waals surface area contributed by atoms with E-state index in [1.54, 1.807) is 0 Å². The SMILES string of the molecule is CCCCCN1C(C)CNCC1C. The highest BCUT2D eigenvalue weighted by atomic mass is 15.2. The Balaban J connectivity index is 2.26. The Labute approximate surface area is 82.7 Å². The molecule has 1 fully saturated rings. The maximum Gasteiger partial charge on any atom is 0.0195 e. The first-order chi connectivity index (χ1) is 6.25. The van der Waals surface area contributed by atoms with Crippen molar-refractivity contribution in [2.45, 2.75) is 52.1 Å². The van der Waals surface area contributed by atoms with Crippen LogP contribution in [0.3, 0.4) is 0 Å². The van der Waals surface area contributed by atoms with Gasteiger partial charge in [0, 0.05) is 25.2 Å². The number of piperazine rings is 1. The van der Waals surface area contributed by atoms with Crippen LogP contribution in [0.15, 0.2) is 0 Å². The van der Waals surface area contributed by atoms with Crippen molar-refractivity contribution in [1.29, 1.82) is 0 Å². The number of rotatable bonds is 4. The predicted octanol–water partition coefficient (Wildman–Crippen LogP) is 1.86. The summed E-state index contributed by atoms with van der Waals surface area (Å²) >= 11 is 0. The fourth-order valence-electron chi connectivity index (χ4n) is 2.16. The van der Waals surface area contributed by atoms with Gasteiger partial charge in [0.15, 0.2) is 0 Å². The van der Waals surface area contributed by atoms with Crippen molar-refractivity contribution in [2.75, 3.05) is 19.6 Å². The van der Waals surface area contributed by atoms with Crippen LogP contribution in [0.1, 0.15) is 40.0 Å². The fourth-order valence-corrected chi connectivity index (χ4v) is 2.16. The Bertz CT molecular complexity index is 126. The molecular formula is C11H24N2. The molecule has 13 heavy (non-hydrogen) atoms. The van der Waals surface area contributed by atoms with Gasteiger partial charge in [-0.15, -0.1) is 0 Å². The van der Waals surface area contributed by atoms with Gasteiger partial charge in [0.1, 0.15) is 0 Å². The van der Waals surface area contributed by atoms with E-state index in [1.165, 1.54) is 25.8 Å². The van der Waals surface area contributed by atoms with Gasteiger partial charge in [-0.25, -0.2) is 0 Å². The summed E-state index contributed by atoms with van der Waals surface area (Å²) in [5.74, 6) is 0. The van der Waals surface area contributed by atoms with Crippen molar-refractivity contribution in [3.63, 3.8) is 0 Å². The molecule has 78 valence electrons. The Morgan fingerprint density at radius 2 is 1.77 bits per heavy atom. The van der Waals surface area contributed by atoms with Crippen LogP contribution < -0.4 is 5.32 Å². The van der Waals surface area contributed by atoms with Crippen molar-refractivity contribution in [1.82, 2.24) is 10.2 Å². The zero-order chi connectivity index (χ0) is 9.68. The first kappa shape index (κ1) is 11.0. The van der Waals surface area contributed by atoms with Crippen molar-refractivity contribution in [2.24, 2.45) is 0 Å². The molecule has 2 atom stereocenters. The second-order valence-electron chi connectivity index (χ2n) is 4.30. The van der Waals surface area contributed by atoms with Crippen molar-refractivity contribution in [3.8, 4) is 0 Å². The van der Waals surface area contributed by atoms with E-state index in [-0.39, 0.29) is 0 Å². The molecule has 1 N–H and O–H groups in total. The maximum absolute atomic E-state index is 3.46. The molecule has 1 heterocycles. The van der Waals surface area contributed by atoms with E-state index in [1.807, 2.05) is 0 Å². The normalized spacial score (nSPS) is 30.7. The molecule has 0 amide bonds. The van der Waals surface area contributed by atoms with E-state index in [0.717, 1.165) is 25.2 Å². The van der Waals surface area contributed by atoms with Crippen LogP contribution >= 0.6 is 0 Å². The number of unbranched alkanes of at least 4 members (excludes halogenated alkanes) is 2. The molecule has 0 aromatic rings. The molecule has 0 bridgehead atoms. The smallest absolute Gasteiger partial charge is 0.0195 e. The Morgan fingerprint density at radius 1 is 1.15 bits per heavy atom. The molecule has 0 spiro atoms. The Kier molecular flexibility index (Phi) is 4.74. The van der Waals surface area contributed by atoms with Crippen LogP contribution in [-0.4, -0.2) is 36.6 Å². The predicted molar refractivity (Wildman–Crippen MR) is 58.0 cm³/mol. The lowest BCUT2D eigenvalue weighted by Crippen LogP contribution is -2.55. The molecule has 2 unspecified atom stereocenters. The van der Waals surface area contributed by atoms with Gasteiger partial charge in [-0.2, -0.15) is 0 Å². The second-order valence-corrected chi connectivity index (χ2v) is 4.30. The van der Waals surface area contributed by atoms with Crippen molar-refractivity contribution < 1.29 is 0 Å². The molecule has 0 aromatic heterocycles. The highest BCUT2D eigenvalue weighted by molar-refractivity contribution is 4.81. The van der Waals surface area contributed by atoms with Gasteiger partial charge in [-0.05, 0) is 26.8 Å². The van der Waals surface area contributed by atoms with Crippen LogP contribution in [-0.2, 0) is 0 Å². The van der Waals surface area contributed by atoms with Crippen LogP contribution in [0.2, 0.25) is 0 Å². The monoisotopic (exact) mass is 184 g/mol. The van der Waals surface area contributed by atoms with Gasteiger partial charge in [0.2, 0.25) is 0 Å². The lowest BCUT2D eigenvalue weighted by atomic mass is 10.1. The molecular weight excluding hydrogens is 160 g/mol. The van der Waals surface area contributed by atoms with E-state index in [0.29, 0.717) is 0 Å². The van der Waals surface area contributed by atoms with E-state index < -0.39 is 0 Å². The van der Waals surface area contributed by atoms with Gasteiger partial charge < -0.3 is 5.32 Å². The summed E-state index contributed by atoms with van der Waals surface area (Å²) in [5.41, 5.74) is 0. The average Bonchev–Trinajstić information content (AvgIpc) is 2.10. The minimum atomic E-state index is 0.723. The number of nitrogens with one attached hydrogen (secondary N) is 1. The summed E-state index contributed by atoms with van der Waals surface area (Å²) in [6, 6.07) is 1.45. The van der Waals surface area contributed by atoms with Gasteiger partial charge in [0.05, 0.1) is 0 Å². The minimum absolute atomic E-state index is 0.723. The van der Waals surface area contributed by atoms with Crippen LogP contribution in [0.25, 0.3) is 0 Å². The Hall–Kier alpha value is -0.0800. The molecule has 1 aliphatic rings. The second kappa shape index (κ2) is 5.61. The third-order valence-corrected chi connectivity index (χ3v) is 3.03.